The number of carboxylic acid groups (broad SMARTS) is 1. The van der Waals surface area contributed by atoms with Gasteiger partial charge in [0.05, 0.1) is 12.4 Å². The van der Waals surface area contributed by atoms with Crippen molar-refractivity contribution in [3.8, 4) is 11.8 Å². The lowest BCUT2D eigenvalue weighted by atomic mass is 9.92. The zero-order valence-corrected chi connectivity index (χ0v) is 20.9. The molecule has 0 unspecified atom stereocenters. The van der Waals surface area contributed by atoms with Crippen molar-refractivity contribution >= 4 is 39.4 Å². The molecule has 1 fully saturated rings. The van der Waals surface area contributed by atoms with Crippen molar-refractivity contribution in [1.29, 1.82) is 0 Å². The van der Waals surface area contributed by atoms with Gasteiger partial charge in [-0.3, -0.25) is 9.36 Å². The number of hydrogen-bond acceptors (Lipinski definition) is 10. The molecule has 0 radical (unpaired) electrons. The Morgan fingerprint density at radius 2 is 1.82 bits per heavy atom. The number of rotatable bonds is 7. The van der Waals surface area contributed by atoms with Crippen LogP contribution in [0.5, 0.6) is 0 Å². The topological polar surface area (TPSA) is 209 Å². The highest BCUT2D eigenvalue weighted by atomic mass is 16.6. The summed E-state index contributed by atoms with van der Waals surface area (Å²) >= 11 is 0. The molecule has 0 bridgehead atoms. The van der Waals surface area contributed by atoms with E-state index in [0.29, 0.717) is 23.3 Å². The fourth-order valence-electron chi connectivity index (χ4n) is 4.87. The zero-order chi connectivity index (χ0) is 27.7. The summed E-state index contributed by atoms with van der Waals surface area (Å²) in [5.74, 6) is 5.11. The van der Waals surface area contributed by atoms with Crippen LogP contribution in [0.3, 0.4) is 0 Å². The molecular weight excluding hydrogens is 502 g/mol. The molecule has 6 atom stereocenters. The highest BCUT2D eigenvalue weighted by Gasteiger charge is 2.45. The van der Waals surface area contributed by atoms with Gasteiger partial charge in [-0.1, -0.05) is 36.1 Å². The van der Waals surface area contributed by atoms with E-state index in [9.17, 15) is 20.1 Å². The van der Waals surface area contributed by atoms with E-state index in [1.54, 1.807) is 0 Å². The molecule has 2 aromatic heterocycles. The number of nitrogen functional groups attached to an aromatic ring is 2. The van der Waals surface area contributed by atoms with Crippen molar-refractivity contribution in [3.63, 3.8) is 0 Å². The molecule has 0 amide bonds. The van der Waals surface area contributed by atoms with Gasteiger partial charge >= 0.3 is 5.97 Å². The van der Waals surface area contributed by atoms with Gasteiger partial charge < -0.3 is 37.3 Å². The summed E-state index contributed by atoms with van der Waals surface area (Å²) < 4.78 is 7.59. The molecule has 0 saturated carbocycles. The Kier molecular flexibility index (Phi) is 7.32. The molecule has 1 aliphatic heterocycles. The number of carboxylic acids is 1. The average molecular weight is 532 g/mol. The number of nitrogens with zero attached hydrogens (tertiary/aromatic N) is 4. The van der Waals surface area contributed by atoms with E-state index in [0.717, 1.165) is 16.3 Å². The van der Waals surface area contributed by atoms with Crippen LogP contribution < -0.4 is 17.2 Å². The Bertz CT molecular complexity index is 1580. The van der Waals surface area contributed by atoms with E-state index >= 15 is 0 Å². The largest absolute Gasteiger partial charge is 0.480 e. The Labute approximate surface area is 223 Å². The quantitative estimate of drug-likeness (QED) is 0.146. The van der Waals surface area contributed by atoms with Crippen LogP contribution in [0.15, 0.2) is 49.1 Å². The second-order valence-electron chi connectivity index (χ2n) is 9.60. The molecule has 39 heavy (non-hydrogen) atoms. The number of nitrogens with two attached hydrogens (primary N) is 3. The SMILES string of the molecule is Nc1cccc2c(C#C[C@@H](CC[C@H](N)C(=O)O)C[C@H]3O[C@@H](n4cnc5c(N)ncnc54)[C@H](O)[C@@H]3O)cccc12. The Morgan fingerprint density at radius 3 is 2.62 bits per heavy atom. The standard InChI is InChI=1S/C27H29N7O5/c28-18-6-2-4-16-15(3-1-5-17(16)18)9-7-14(8-10-19(29)27(37)38)11-20-22(35)23(36)26(39-20)34-13-33-21-24(30)31-12-32-25(21)34/h1-6,12-14,19-20,22-23,26,35-36H,8,10-11,28-29H2,(H,37,38)(H2,30,31,32)/t14-,19-,20+,22+,23+,26+/m0/s1. The number of imidazole rings is 1. The number of hydrogen-bond donors (Lipinski definition) is 6. The summed E-state index contributed by atoms with van der Waals surface area (Å²) in [5.41, 5.74) is 19.9. The van der Waals surface area contributed by atoms with Gasteiger partial charge in [-0.2, -0.15) is 0 Å². The number of benzene rings is 2. The van der Waals surface area contributed by atoms with Gasteiger partial charge in [-0.05, 0) is 36.8 Å². The number of ether oxygens (including phenoxy) is 1. The van der Waals surface area contributed by atoms with Crippen LogP contribution in [0.25, 0.3) is 21.9 Å². The number of aliphatic carboxylic acids is 1. The van der Waals surface area contributed by atoms with Gasteiger partial charge in [0.1, 0.15) is 30.1 Å². The Balaban J connectivity index is 1.41. The fourth-order valence-corrected chi connectivity index (χ4v) is 4.87. The molecule has 12 nitrogen and oxygen atoms in total. The number of aliphatic hydroxyl groups is 2. The lowest BCUT2D eigenvalue weighted by molar-refractivity contribution is -0.138. The van der Waals surface area contributed by atoms with E-state index in [4.69, 9.17) is 21.9 Å². The molecule has 1 saturated heterocycles. The molecule has 3 heterocycles. The van der Waals surface area contributed by atoms with Crippen molar-refractivity contribution in [3.05, 3.63) is 54.6 Å². The van der Waals surface area contributed by atoms with Crippen molar-refractivity contribution in [2.24, 2.45) is 11.7 Å². The van der Waals surface area contributed by atoms with Crippen molar-refractivity contribution in [1.82, 2.24) is 19.5 Å². The van der Waals surface area contributed by atoms with Crippen LogP contribution in [-0.2, 0) is 9.53 Å². The first-order valence-corrected chi connectivity index (χ1v) is 12.5. The molecule has 1 aliphatic rings. The molecule has 4 aromatic rings. The summed E-state index contributed by atoms with van der Waals surface area (Å²) in [6, 6.07) is 10.2. The highest BCUT2D eigenvalue weighted by Crippen LogP contribution is 2.35. The molecular formula is C27H29N7O5. The molecule has 9 N–H and O–H groups in total. The molecule has 0 spiro atoms. The average Bonchev–Trinajstić information content (AvgIpc) is 3.47. The molecule has 202 valence electrons. The fraction of sp³-hybridized carbons (Fsp3) is 0.333. The van der Waals surface area contributed by atoms with Gasteiger partial charge in [0.2, 0.25) is 0 Å². The summed E-state index contributed by atoms with van der Waals surface area (Å²) in [6.07, 6.45) is -0.833. The van der Waals surface area contributed by atoms with Crippen molar-refractivity contribution < 1.29 is 24.9 Å². The smallest absolute Gasteiger partial charge is 0.320 e. The van der Waals surface area contributed by atoms with Crippen molar-refractivity contribution in [2.75, 3.05) is 11.5 Å². The Morgan fingerprint density at radius 1 is 1.05 bits per heavy atom. The number of aromatic nitrogens is 4. The Hall–Kier alpha value is -4.28. The van der Waals surface area contributed by atoms with Gasteiger partial charge in [0.25, 0.3) is 0 Å². The minimum atomic E-state index is -1.28. The monoisotopic (exact) mass is 531 g/mol. The first-order valence-electron chi connectivity index (χ1n) is 12.5. The van der Waals surface area contributed by atoms with E-state index in [2.05, 4.69) is 26.8 Å². The van der Waals surface area contributed by atoms with Crippen LogP contribution in [0.1, 0.15) is 31.1 Å². The molecule has 12 heteroatoms. The minimum Gasteiger partial charge on any atom is -0.480 e. The second-order valence-corrected chi connectivity index (χ2v) is 9.60. The first-order chi connectivity index (χ1) is 18.7. The van der Waals surface area contributed by atoms with Gasteiger partial charge in [-0.25, -0.2) is 15.0 Å². The van der Waals surface area contributed by atoms with E-state index in [1.807, 2.05) is 36.4 Å². The third-order valence-corrected chi connectivity index (χ3v) is 7.03. The molecule has 2 aromatic carbocycles. The van der Waals surface area contributed by atoms with E-state index in [1.165, 1.54) is 17.2 Å². The van der Waals surface area contributed by atoms with Gasteiger partial charge in [0.15, 0.2) is 17.7 Å². The van der Waals surface area contributed by atoms with Crippen LogP contribution >= 0.6 is 0 Å². The van der Waals surface area contributed by atoms with Crippen LogP contribution in [0, 0.1) is 17.8 Å². The van der Waals surface area contributed by atoms with Gasteiger partial charge in [0, 0.05) is 22.6 Å². The molecule has 5 rings (SSSR count). The van der Waals surface area contributed by atoms with Crippen LogP contribution in [0.2, 0.25) is 0 Å². The summed E-state index contributed by atoms with van der Waals surface area (Å²) in [4.78, 5) is 23.6. The minimum absolute atomic E-state index is 0.175. The number of carbonyl (C=O) groups is 1. The van der Waals surface area contributed by atoms with Gasteiger partial charge in [-0.15, -0.1) is 0 Å². The lowest BCUT2D eigenvalue weighted by Gasteiger charge is -2.19. The van der Waals surface area contributed by atoms with E-state index < -0.39 is 42.5 Å². The number of fused-ring (bicyclic) bond motifs is 2. The second kappa shape index (κ2) is 10.8. The predicted octanol–water partition coefficient (Wildman–Crippen LogP) is 1.01. The lowest BCUT2D eigenvalue weighted by Crippen LogP contribution is -2.33. The third kappa shape index (κ3) is 5.21. The summed E-state index contributed by atoms with van der Waals surface area (Å²) in [7, 11) is 0. The summed E-state index contributed by atoms with van der Waals surface area (Å²) in [6.45, 7) is 0. The van der Waals surface area contributed by atoms with Crippen LogP contribution in [0.4, 0.5) is 11.5 Å². The van der Waals surface area contributed by atoms with Crippen molar-refractivity contribution in [2.45, 2.75) is 49.8 Å². The van der Waals surface area contributed by atoms with E-state index in [-0.39, 0.29) is 18.7 Å². The number of anilines is 2. The first kappa shape index (κ1) is 26.3. The number of aliphatic hydroxyl groups excluding tert-OH is 2. The zero-order valence-electron chi connectivity index (χ0n) is 20.9. The maximum atomic E-state index is 11.3. The normalized spacial score (nSPS) is 22.4. The third-order valence-electron chi connectivity index (χ3n) is 7.03. The molecule has 0 aliphatic carbocycles. The van der Waals surface area contributed by atoms with Crippen LogP contribution in [-0.4, -0.2) is 65.2 Å². The maximum Gasteiger partial charge on any atom is 0.320 e. The predicted molar refractivity (Wildman–Crippen MR) is 144 cm³/mol. The highest BCUT2D eigenvalue weighted by molar-refractivity contribution is 5.96. The summed E-state index contributed by atoms with van der Waals surface area (Å²) in [5, 5.41) is 32.8. The maximum absolute atomic E-state index is 11.3.